The lowest BCUT2D eigenvalue weighted by molar-refractivity contribution is 0.198. The van der Waals surface area contributed by atoms with Gasteiger partial charge < -0.3 is 9.84 Å². The summed E-state index contributed by atoms with van der Waals surface area (Å²) in [6, 6.07) is 13.8. The molecule has 1 saturated heterocycles. The summed E-state index contributed by atoms with van der Waals surface area (Å²) in [5, 5.41) is 9.77. The number of fused-ring (bicyclic) bond motifs is 1. The van der Waals surface area contributed by atoms with Crippen molar-refractivity contribution in [3.63, 3.8) is 0 Å². The zero-order chi connectivity index (χ0) is 19.5. The molecule has 0 amide bonds. The third kappa shape index (κ3) is 4.39. The molecular formula is C22H23BrFNO2S. The second kappa shape index (κ2) is 8.89. The summed E-state index contributed by atoms with van der Waals surface area (Å²) >= 11 is 5.45. The van der Waals surface area contributed by atoms with Crippen molar-refractivity contribution in [1.29, 1.82) is 0 Å². The van der Waals surface area contributed by atoms with Gasteiger partial charge in [0.25, 0.3) is 0 Å². The Morgan fingerprint density at radius 3 is 2.82 bits per heavy atom. The molecule has 4 rings (SSSR count). The van der Waals surface area contributed by atoms with Crippen LogP contribution in [0, 0.1) is 0 Å². The van der Waals surface area contributed by atoms with Gasteiger partial charge in [-0.1, -0.05) is 28.1 Å². The van der Waals surface area contributed by atoms with Crippen molar-refractivity contribution >= 4 is 33.3 Å². The van der Waals surface area contributed by atoms with Gasteiger partial charge in [0.1, 0.15) is 17.6 Å². The highest BCUT2D eigenvalue weighted by molar-refractivity contribution is 9.12. The quantitative estimate of drug-likeness (QED) is 0.615. The lowest BCUT2D eigenvalue weighted by Gasteiger charge is -2.21. The van der Waals surface area contributed by atoms with Crippen molar-refractivity contribution < 1.29 is 14.2 Å². The molecule has 1 unspecified atom stereocenters. The second-order valence-electron chi connectivity index (χ2n) is 7.15. The first kappa shape index (κ1) is 19.8. The van der Waals surface area contributed by atoms with Crippen molar-refractivity contribution in [2.75, 3.05) is 32.1 Å². The van der Waals surface area contributed by atoms with Gasteiger partial charge in [0.15, 0.2) is 0 Å². The molecule has 2 aromatic carbocycles. The van der Waals surface area contributed by atoms with E-state index in [1.807, 2.05) is 24.3 Å². The van der Waals surface area contributed by atoms with Gasteiger partial charge >= 0.3 is 0 Å². The number of phenols is 1. The first-order valence-electron chi connectivity index (χ1n) is 9.54. The van der Waals surface area contributed by atoms with Crippen molar-refractivity contribution in [3.05, 3.63) is 58.1 Å². The van der Waals surface area contributed by atoms with E-state index in [4.69, 9.17) is 4.74 Å². The number of rotatable bonds is 6. The summed E-state index contributed by atoms with van der Waals surface area (Å²) in [6.45, 7) is 2.40. The lowest BCUT2D eigenvalue weighted by atomic mass is 9.97. The van der Waals surface area contributed by atoms with Crippen molar-refractivity contribution in [3.8, 4) is 11.5 Å². The maximum Gasteiger partial charge on any atom is 0.119 e. The van der Waals surface area contributed by atoms with Gasteiger partial charge in [0, 0.05) is 40.3 Å². The Balaban J connectivity index is 1.47. The third-order valence-corrected chi connectivity index (χ3v) is 7.27. The van der Waals surface area contributed by atoms with Crippen LogP contribution in [-0.4, -0.2) is 48.2 Å². The number of phenolic OH excluding ortho intramolecular Hbond substituents is 1. The second-order valence-corrected chi connectivity index (χ2v) is 9.12. The first-order valence-corrected chi connectivity index (χ1v) is 11.3. The minimum Gasteiger partial charge on any atom is -0.508 e. The molecule has 1 atom stereocenters. The summed E-state index contributed by atoms with van der Waals surface area (Å²) in [4.78, 5) is 3.37. The topological polar surface area (TPSA) is 32.7 Å². The molecule has 2 aromatic rings. The summed E-state index contributed by atoms with van der Waals surface area (Å²) in [6.07, 6.45) is 1.76. The normalized spacial score (nSPS) is 19.7. The van der Waals surface area contributed by atoms with Gasteiger partial charge in [0.05, 0.1) is 6.67 Å². The summed E-state index contributed by atoms with van der Waals surface area (Å²) in [5.74, 6) is 2.01. The molecule has 2 heterocycles. The lowest BCUT2D eigenvalue weighted by Crippen LogP contribution is -2.26. The van der Waals surface area contributed by atoms with Crippen LogP contribution in [0.15, 0.2) is 51.8 Å². The molecule has 148 valence electrons. The number of alkyl halides is 1. The summed E-state index contributed by atoms with van der Waals surface area (Å²) in [5.41, 5.74) is 3.43. The van der Waals surface area contributed by atoms with Crippen LogP contribution in [0.2, 0.25) is 0 Å². The Morgan fingerprint density at radius 1 is 1.21 bits per heavy atom. The van der Waals surface area contributed by atoms with Crippen LogP contribution in [0.1, 0.15) is 24.0 Å². The van der Waals surface area contributed by atoms with E-state index < -0.39 is 0 Å². The number of halogens is 2. The zero-order valence-electron chi connectivity index (χ0n) is 15.5. The number of aromatic hydroxyl groups is 1. The van der Waals surface area contributed by atoms with E-state index in [1.165, 1.54) is 5.57 Å². The van der Waals surface area contributed by atoms with Crippen LogP contribution in [0.5, 0.6) is 11.5 Å². The number of thioether (sulfide) groups is 1. The molecule has 0 saturated carbocycles. The minimum atomic E-state index is -0.254. The standard InChI is InChI=1S/C22H23BrFNO2S/c23-20-14-28-21-12-16(26)4-7-19(21)22(20)15-2-5-17(6-3-15)27-18-8-11-25(13-18)10-1-9-24/h2-7,12,18,26H,1,8-11,13-14H2. The molecular weight excluding hydrogens is 441 g/mol. The largest absolute Gasteiger partial charge is 0.508 e. The molecule has 6 heteroatoms. The average molecular weight is 464 g/mol. The van der Waals surface area contributed by atoms with E-state index in [0.717, 1.165) is 58.1 Å². The molecule has 0 aromatic heterocycles. The van der Waals surface area contributed by atoms with Crippen molar-refractivity contribution in [1.82, 2.24) is 4.90 Å². The predicted molar refractivity (Wildman–Crippen MR) is 116 cm³/mol. The fourth-order valence-corrected chi connectivity index (χ4v) is 5.52. The summed E-state index contributed by atoms with van der Waals surface area (Å²) < 4.78 is 19.6. The molecule has 0 bridgehead atoms. The smallest absolute Gasteiger partial charge is 0.119 e. The molecule has 2 aliphatic heterocycles. The van der Waals surface area contributed by atoms with E-state index in [2.05, 4.69) is 33.0 Å². The molecule has 1 fully saturated rings. The van der Waals surface area contributed by atoms with Crippen LogP contribution in [-0.2, 0) is 0 Å². The molecule has 0 radical (unpaired) electrons. The van der Waals surface area contributed by atoms with Gasteiger partial charge in [-0.05, 0) is 54.3 Å². The zero-order valence-corrected chi connectivity index (χ0v) is 17.9. The Bertz CT molecular complexity index is 871. The van der Waals surface area contributed by atoms with E-state index in [-0.39, 0.29) is 12.8 Å². The van der Waals surface area contributed by atoms with Gasteiger partial charge in [-0.25, -0.2) is 0 Å². The maximum atomic E-state index is 12.3. The van der Waals surface area contributed by atoms with Crippen molar-refractivity contribution in [2.24, 2.45) is 0 Å². The number of likely N-dealkylation sites (tertiary alicyclic amines) is 1. The molecule has 2 aliphatic rings. The third-order valence-electron chi connectivity index (χ3n) is 5.14. The number of nitrogens with zero attached hydrogens (tertiary/aromatic N) is 1. The average Bonchev–Trinajstić information content (AvgIpc) is 3.14. The van der Waals surface area contributed by atoms with Crippen LogP contribution in [0.4, 0.5) is 4.39 Å². The van der Waals surface area contributed by atoms with E-state index >= 15 is 0 Å². The minimum absolute atomic E-state index is 0.172. The highest BCUT2D eigenvalue weighted by Crippen LogP contribution is 2.44. The number of hydrogen-bond donors (Lipinski definition) is 1. The highest BCUT2D eigenvalue weighted by atomic mass is 79.9. The monoisotopic (exact) mass is 463 g/mol. The SMILES string of the molecule is Oc1ccc2c(c1)SCC(Br)=C2c1ccc(OC2CCN(CCCF)C2)cc1. The number of ether oxygens (including phenoxy) is 1. The predicted octanol–water partition coefficient (Wildman–Crippen LogP) is 5.46. The van der Waals surface area contributed by atoms with Crippen molar-refractivity contribution in [2.45, 2.75) is 23.8 Å². The Kier molecular flexibility index (Phi) is 6.28. The van der Waals surface area contributed by atoms with Gasteiger partial charge in [-0.3, -0.25) is 9.29 Å². The molecule has 3 nitrogen and oxygen atoms in total. The fourth-order valence-electron chi connectivity index (χ4n) is 3.78. The van der Waals surface area contributed by atoms with Crippen LogP contribution in [0.25, 0.3) is 5.57 Å². The van der Waals surface area contributed by atoms with Gasteiger partial charge in [0.2, 0.25) is 0 Å². The maximum absolute atomic E-state index is 12.3. The van der Waals surface area contributed by atoms with Gasteiger partial charge in [-0.15, -0.1) is 11.8 Å². The Labute approximate surface area is 177 Å². The molecule has 28 heavy (non-hydrogen) atoms. The molecule has 1 N–H and O–H groups in total. The highest BCUT2D eigenvalue weighted by Gasteiger charge is 2.24. The van der Waals surface area contributed by atoms with Crippen LogP contribution < -0.4 is 4.74 Å². The van der Waals surface area contributed by atoms with E-state index in [9.17, 15) is 9.50 Å². The van der Waals surface area contributed by atoms with Crippen LogP contribution >= 0.6 is 27.7 Å². The first-order chi connectivity index (χ1) is 13.6. The Hall–Kier alpha value is -1.50. The van der Waals surface area contributed by atoms with E-state index in [1.54, 1.807) is 17.8 Å². The number of benzene rings is 2. The number of hydrogen-bond acceptors (Lipinski definition) is 4. The van der Waals surface area contributed by atoms with Gasteiger partial charge in [-0.2, -0.15) is 0 Å². The molecule has 0 spiro atoms. The summed E-state index contributed by atoms with van der Waals surface area (Å²) in [7, 11) is 0. The Morgan fingerprint density at radius 2 is 2.04 bits per heavy atom. The van der Waals surface area contributed by atoms with Crippen LogP contribution in [0.3, 0.4) is 0 Å². The molecule has 0 aliphatic carbocycles. The van der Waals surface area contributed by atoms with E-state index in [0.29, 0.717) is 12.2 Å². The fraction of sp³-hybridized carbons (Fsp3) is 0.364.